The van der Waals surface area contributed by atoms with Crippen LogP contribution < -0.4 is 5.73 Å². The second-order valence-corrected chi connectivity index (χ2v) is 3.13. The molecule has 0 amide bonds. The van der Waals surface area contributed by atoms with Gasteiger partial charge in [-0.2, -0.15) is 0 Å². The highest BCUT2D eigenvalue weighted by atomic mass is 16.4. The normalized spacial score (nSPS) is 19.1. The summed E-state index contributed by atoms with van der Waals surface area (Å²) in [6.45, 7) is 0. The molecular formula is C8H9NO3. The molecule has 0 unspecified atom stereocenters. The van der Waals surface area contributed by atoms with Gasteiger partial charge in [0, 0.05) is 0 Å². The van der Waals surface area contributed by atoms with Gasteiger partial charge in [-0.15, -0.1) is 0 Å². The topological polar surface area (TPSA) is 76.5 Å². The molecule has 1 aliphatic rings. The molecule has 12 heavy (non-hydrogen) atoms. The second-order valence-electron chi connectivity index (χ2n) is 3.13. The second kappa shape index (κ2) is 2.10. The monoisotopic (exact) mass is 167 g/mol. The molecule has 1 fully saturated rings. The van der Waals surface area contributed by atoms with E-state index in [1.54, 1.807) is 6.07 Å². The molecule has 4 heteroatoms. The van der Waals surface area contributed by atoms with E-state index in [0.717, 1.165) is 12.8 Å². The number of carboxylic acids is 1. The fourth-order valence-electron chi connectivity index (χ4n) is 1.10. The minimum atomic E-state index is -1.05. The maximum Gasteiger partial charge on any atom is 0.371 e. The van der Waals surface area contributed by atoms with E-state index in [-0.39, 0.29) is 11.3 Å². The Morgan fingerprint density at radius 2 is 2.25 bits per heavy atom. The SMILES string of the molecule is NC1(c2ccc(C(=O)O)o2)CC1. The molecule has 4 nitrogen and oxygen atoms in total. The van der Waals surface area contributed by atoms with E-state index >= 15 is 0 Å². The van der Waals surface area contributed by atoms with Crippen LogP contribution in [-0.4, -0.2) is 11.1 Å². The lowest BCUT2D eigenvalue weighted by Crippen LogP contribution is -2.17. The van der Waals surface area contributed by atoms with E-state index in [1.807, 2.05) is 0 Å². The Morgan fingerprint density at radius 1 is 1.58 bits per heavy atom. The minimum absolute atomic E-state index is 0.0401. The Morgan fingerprint density at radius 3 is 2.67 bits per heavy atom. The van der Waals surface area contributed by atoms with Gasteiger partial charge in [-0.1, -0.05) is 0 Å². The standard InChI is InChI=1S/C8H9NO3/c9-8(3-4-8)6-2-1-5(12-6)7(10)11/h1-2H,3-4,9H2,(H,10,11). The van der Waals surface area contributed by atoms with E-state index in [4.69, 9.17) is 15.3 Å². The highest BCUT2D eigenvalue weighted by molar-refractivity contribution is 5.84. The number of rotatable bonds is 2. The summed E-state index contributed by atoms with van der Waals surface area (Å²) in [4.78, 5) is 10.4. The van der Waals surface area contributed by atoms with Gasteiger partial charge in [0.1, 0.15) is 5.76 Å². The zero-order valence-electron chi connectivity index (χ0n) is 6.41. The summed E-state index contributed by atoms with van der Waals surface area (Å²) in [7, 11) is 0. The van der Waals surface area contributed by atoms with Crippen LogP contribution in [0.4, 0.5) is 0 Å². The number of aromatic carboxylic acids is 1. The highest BCUT2D eigenvalue weighted by Gasteiger charge is 2.43. The first kappa shape index (κ1) is 7.36. The average Bonchev–Trinajstić information content (AvgIpc) is 2.61. The van der Waals surface area contributed by atoms with Crippen molar-refractivity contribution in [3.63, 3.8) is 0 Å². The molecule has 0 spiro atoms. The lowest BCUT2D eigenvalue weighted by atomic mass is 10.2. The summed E-state index contributed by atoms with van der Waals surface area (Å²) in [6, 6.07) is 3.07. The first-order valence-corrected chi connectivity index (χ1v) is 3.74. The van der Waals surface area contributed by atoms with E-state index in [0.29, 0.717) is 5.76 Å². The largest absolute Gasteiger partial charge is 0.475 e. The van der Waals surface area contributed by atoms with Crippen LogP contribution in [0.3, 0.4) is 0 Å². The third kappa shape index (κ3) is 1.00. The molecule has 0 bridgehead atoms. The lowest BCUT2D eigenvalue weighted by molar-refractivity contribution is 0.0659. The highest BCUT2D eigenvalue weighted by Crippen LogP contribution is 2.43. The van der Waals surface area contributed by atoms with Crippen LogP contribution in [0.1, 0.15) is 29.2 Å². The molecule has 0 aliphatic heterocycles. The maximum atomic E-state index is 10.4. The van der Waals surface area contributed by atoms with Gasteiger partial charge in [-0.3, -0.25) is 0 Å². The molecule has 0 radical (unpaired) electrons. The van der Waals surface area contributed by atoms with Gasteiger partial charge >= 0.3 is 5.97 Å². The Labute approximate surface area is 69.0 Å². The molecule has 0 saturated heterocycles. The summed E-state index contributed by atoms with van der Waals surface area (Å²) in [6.07, 6.45) is 1.75. The number of carbonyl (C=O) groups is 1. The van der Waals surface area contributed by atoms with Crippen molar-refractivity contribution in [3.8, 4) is 0 Å². The van der Waals surface area contributed by atoms with Crippen molar-refractivity contribution in [2.45, 2.75) is 18.4 Å². The summed E-state index contributed by atoms with van der Waals surface area (Å²) in [5, 5.41) is 8.55. The molecule has 1 heterocycles. The number of hydrogen-bond acceptors (Lipinski definition) is 3. The van der Waals surface area contributed by atoms with Gasteiger partial charge in [0.2, 0.25) is 5.76 Å². The van der Waals surface area contributed by atoms with Crippen LogP contribution >= 0.6 is 0 Å². The van der Waals surface area contributed by atoms with Crippen molar-refractivity contribution in [2.24, 2.45) is 5.73 Å². The van der Waals surface area contributed by atoms with Crippen LogP contribution in [0, 0.1) is 0 Å². The summed E-state index contributed by atoms with van der Waals surface area (Å²) in [5.41, 5.74) is 5.41. The fourth-order valence-corrected chi connectivity index (χ4v) is 1.10. The smallest absolute Gasteiger partial charge is 0.371 e. The van der Waals surface area contributed by atoms with Gasteiger partial charge in [-0.25, -0.2) is 4.79 Å². The quantitative estimate of drug-likeness (QED) is 0.686. The molecule has 2 rings (SSSR count). The van der Waals surface area contributed by atoms with Crippen molar-refractivity contribution in [1.82, 2.24) is 0 Å². The lowest BCUT2D eigenvalue weighted by Gasteiger charge is -2.01. The van der Waals surface area contributed by atoms with Gasteiger partial charge in [-0.05, 0) is 25.0 Å². The summed E-state index contributed by atoms with van der Waals surface area (Å²) in [5.74, 6) is -0.507. The van der Waals surface area contributed by atoms with E-state index in [9.17, 15) is 4.79 Å². The van der Waals surface area contributed by atoms with Gasteiger partial charge in [0.05, 0.1) is 5.54 Å². The molecule has 0 atom stereocenters. The number of carboxylic acid groups (broad SMARTS) is 1. The van der Waals surface area contributed by atoms with Crippen molar-refractivity contribution in [2.75, 3.05) is 0 Å². The first-order valence-electron chi connectivity index (χ1n) is 3.74. The number of nitrogens with two attached hydrogens (primary N) is 1. The van der Waals surface area contributed by atoms with E-state index in [1.165, 1.54) is 6.07 Å². The van der Waals surface area contributed by atoms with Crippen LogP contribution in [0.25, 0.3) is 0 Å². The predicted molar refractivity (Wildman–Crippen MR) is 40.8 cm³/mol. The summed E-state index contributed by atoms with van der Waals surface area (Å²) < 4.78 is 5.05. The number of furan rings is 1. The van der Waals surface area contributed by atoms with Crippen molar-refractivity contribution in [1.29, 1.82) is 0 Å². The number of hydrogen-bond donors (Lipinski definition) is 2. The molecular weight excluding hydrogens is 158 g/mol. The van der Waals surface area contributed by atoms with Crippen LogP contribution in [0.5, 0.6) is 0 Å². The predicted octanol–water partition coefficient (Wildman–Crippen LogP) is 0.926. The van der Waals surface area contributed by atoms with Crippen molar-refractivity contribution >= 4 is 5.97 Å². The Bertz CT molecular complexity index is 325. The molecule has 1 aliphatic carbocycles. The van der Waals surface area contributed by atoms with Crippen LogP contribution in [-0.2, 0) is 5.54 Å². The zero-order chi connectivity index (χ0) is 8.77. The van der Waals surface area contributed by atoms with Gasteiger partial charge in [0.15, 0.2) is 0 Å². The molecule has 1 aromatic heterocycles. The van der Waals surface area contributed by atoms with Gasteiger partial charge in [0.25, 0.3) is 0 Å². The van der Waals surface area contributed by atoms with Crippen molar-refractivity contribution < 1.29 is 14.3 Å². The Hall–Kier alpha value is -1.29. The van der Waals surface area contributed by atoms with Crippen molar-refractivity contribution in [3.05, 3.63) is 23.7 Å². The zero-order valence-corrected chi connectivity index (χ0v) is 6.41. The Kier molecular flexibility index (Phi) is 1.29. The molecule has 0 aromatic carbocycles. The van der Waals surface area contributed by atoms with E-state index < -0.39 is 5.97 Å². The average molecular weight is 167 g/mol. The first-order chi connectivity index (χ1) is 5.62. The van der Waals surface area contributed by atoms with Crippen LogP contribution in [0.2, 0.25) is 0 Å². The Balaban J connectivity index is 2.30. The summed E-state index contributed by atoms with van der Waals surface area (Å²) >= 11 is 0. The van der Waals surface area contributed by atoms with Gasteiger partial charge < -0.3 is 15.3 Å². The van der Waals surface area contributed by atoms with Crippen LogP contribution in [0.15, 0.2) is 16.5 Å². The molecule has 1 saturated carbocycles. The third-order valence-corrected chi connectivity index (χ3v) is 2.10. The van der Waals surface area contributed by atoms with E-state index in [2.05, 4.69) is 0 Å². The third-order valence-electron chi connectivity index (χ3n) is 2.10. The molecule has 1 aromatic rings. The molecule has 64 valence electrons. The molecule has 3 N–H and O–H groups in total. The fraction of sp³-hybridized carbons (Fsp3) is 0.375. The minimum Gasteiger partial charge on any atom is -0.475 e. The maximum absolute atomic E-state index is 10.4.